The molecule has 1 aromatic carbocycles. The number of hydrogen-bond donors (Lipinski definition) is 3. The highest BCUT2D eigenvalue weighted by Gasteiger charge is 2.04. The molecule has 0 aliphatic heterocycles. The first-order valence-corrected chi connectivity index (χ1v) is 4.80. The summed E-state index contributed by atoms with van der Waals surface area (Å²) >= 11 is 5.00. The van der Waals surface area contributed by atoms with E-state index in [1.54, 1.807) is 40.6 Å². The van der Waals surface area contributed by atoms with Gasteiger partial charge in [-0.15, -0.1) is 0 Å². The number of aromatic nitrogens is 3. The number of benzene rings is 1. The van der Waals surface area contributed by atoms with Gasteiger partial charge in [0.05, 0.1) is 0 Å². The second-order valence-corrected chi connectivity index (χ2v) is 3.41. The van der Waals surface area contributed by atoms with Crippen LogP contribution in [0, 0.1) is 4.77 Å². The van der Waals surface area contributed by atoms with E-state index in [1.807, 2.05) is 0 Å². The molecule has 0 radical (unpaired) electrons. The molecule has 3 N–H and O–H groups in total. The summed E-state index contributed by atoms with van der Waals surface area (Å²) in [5.74, 6) is -0.553. The van der Waals surface area contributed by atoms with Gasteiger partial charge in [0.1, 0.15) is 6.33 Å². The number of rotatable bonds is 2. The Kier molecular flexibility index (Phi) is 2.80. The van der Waals surface area contributed by atoms with Gasteiger partial charge in [0.25, 0.3) is 5.91 Å². The van der Waals surface area contributed by atoms with Crippen LogP contribution >= 0.6 is 12.2 Å². The van der Waals surface area contributed by atoms with Crippen molar-refractivity contribution in [3.05, 3.63) is 40.9 Å². The molecule has 2 aromatic rings. The molecule has 16 heavy (non-hydrogen) atoms. The van der Waals surface area contributed by atoms with Crippen molar-refractivity contribution < 1.29 is 10.0 Å². The normalized spacial score (nSPS) is 10.1. The molecule has 0 unspecified atom stereocenters. The maximum absolute atomic E-state index is 11.1. The zero-order chi connectivity index (χ0) is 11.5. The lowest BCUT2D eigenvalue weighted by atomic mass is 10.2. The van der Waals surface area contributed by atoms with E-state index in [4.69, 9.17) is 17.4 Å². The van der Waals surface area contributed by atoms with Crippen LogP contribution in [-0.4, -0.2) is 25.9 Å². The van der Waals surface area contributed by atoms with Crippen molar-refractivity contribution in [1.29, 1.82) is 0 Å². The largest absolute Gasteiger partial charge is 0.288 e. The number of nitrogens with zero attached hydrogens (tertiary/aromatic N) is 2. The summed E-state index contributed by atoms with van der Waals surface area (Å²) < 4.78 is 2.13. The molecule has 1 aromatic heterocycles. The maximum Gasteiger partial charge on any atom is 0.274 e. The molecule has 1 heterocycles. The predicted octanol–water partition coefficient (Wildman–Crippen LogP) is 1.05. The van der Waals surface area contributed by atoms with Gasteiger partial charge in [0.15, 0.2) is 4.77 Å². The number of amides is 1. The van der Waals surface area contributed by atoms with Gasteiger partial charge in [0.2, 0.25) is 0 Å². The summed E-state index contributed by atoms with van der Waals surface area (Å²) in [4.78, 5) is 11.1. The Morgan fingerprint density at radius 3 is 2.62 bits per heavy atom. The number of carbonyl (C=O) groups excluding carboxylic acids is 1. The van der Waals surface area contributed by atoms with E-state index < -0.39 is 5.91 Å². The lowest BCUT2D eigenvalue weighted by molar-refractivity contribution is 0.0706. The number of hydrogen-bond acceptors (Lipinski definition) is 4. The van der Waals surface area contributed by atoms with Crippen molar-refractivity contribution >= 4 is 18.1 Å². The van der Waals surface area contributed by atoms with Crippen molar-refractivity contribution in [2.24, 2.45) is 0 Å². The molecule has 2 rings (SSSR count). The summed E-state index contributed by atoms with van der Waals surface area (Å²) in [7, 11) is 0. The Bertz CT molecular complexity index is 557. The van der Waals surface area contributed by atoms with Crippen LogP contribution in [0.1, 0.15) is 10.4 Å². The van der Waals surface area contributed by atoms with Gasteiger partial charge in [-0.1, -0.05) is 0 Å². The summed E-state index contributed by atoms with van der Waals surface area (Å²) in [5.41, 5.74) is 2.71. The number of aromatic amines is 1. The first-order chi connectivity index (χ1) is 7.72. The van der Waals surface area contributed by atoms with Crippen LogP contribution in [0.3, 0.4) is 0 Å². The topological polar surface area (TPSA) is 82.9 Å². The Morgan fingerprint density at radius 1 is 1.44 bits per heavy atom. The Morgan fingerprint density at radius 2 is 2.12 bits per heavy atom. The third kappa shape index (κ3) is 1.86. The minimum absolute atomic E-state index is 0.362. The SMILES string of the molecule is O=C(NO)c1ccc(-n2cn[nH]c2=S)cc1. The van der Waals surface area contributed by atoms with Crippen LogP contribution in [0.2, 0.25) is 0 Å². The Hall–Kier alpha value is -1.99. The zero-order valence-electron chi connectivity index (χ0n) is 8.04. The number of carbonyl (C=O) groups is 1. The standard InChI is InChI=1S/C9H8N4O2S/c14-8(12-15)6-1-3-7(4-2-6)13-5-10-11-9(13)16/h1-5,15H,(H,11,16)(H,12,14). The van der Waals surface area contributed by atoms with E-state index in [0.29, 0.717) is 10.3 Å². The van der Waals surface area contributed by atoms with E-state index in [0.717, 1.165) is 5.69 Å². The van der Waals surface area contributed by atoms with Gasteiger partial charge in [0, 0.05) is 11.3 Å². The molecular formula is C9H8N4O2S. The molecule has 0 fully saturated rings. The Labute approximate surface area is 95.5 Å². The maximum atomic E-state index is 11.1. The van der Waals surface area contributed by atoms with Crippen LogP contribution in [0.4, 0.5) is 0 Å². The van der Waals surface area contributed by atoms with Crippen molar-refractivity contribution in [2.75, 3.05) is 0 Å². The van der Waals surface area contributed by atoms with E-state index in [9.17, 15) is 4.79 Å². The summed E-state index contributed by atoms with van der Waals surface area (Å²) in [5, 5.41) is 14.9. The van der Waals surface area contributed by atoms with Crippen molar-refractivity contribution in [3.8, 4) is 5.69 Å². The summed E-state index contributed by atoms with van der Waals surface area (Å²) in [6, 6.07) is 6.57. The number of hydroxylamine groups is 1. The van der Waals surface area contributed by atoms with E-state index in [2.05, 4.69) is 10.2 Å². The minimum Gasteiger partial charge on any atom is -0.288 e. The second-order valence-electron chi connectivity index (χ2n) is 3.02. The molecule has 0 spiro atoms. The van der Waals surface area contributed by atoms with E-state index >= 15 is 0 Å². The molecule has 0 bridgehead atoms. The number of nitrogens with one attached hydrogen (secondary N) is 2. The highest BCUT2D eigenvalue weighted by Crippen LogP contribution is 2.09. The third-order valence-corrected chi connectivity index (χ3v) is 2.35. The average molecular weight is 236 g/mol. The summed E-state index contributed by atoms with van der Waals surface area (Å²) in [6.45, 7) is 0. The molecule has 6 nitrogen and oxygen atoms in total. The first kappa shape index (κ1) is 10.5. The lowest BCUT2D eigenvalue weighted by Gasteiger charge is -2.02. The molecule has 0 atom stereocenters. The van der Waals surface area contributed by atoms with Gasteiger partial charge in [-0.2, -0.15) is 5.10 Å². The van der Waals surface area contributed by atoms with E-state index in [1.165, 1.54) is 0 Å². The zero-order valence-corrected chi connectivity index (χ0v) is 8.86. The summed E-state index contributed by atoms with van der Waals surface area (Å²) in [6.07, 6.45) is 1.55. The van der Waals surface area contributed by atoms with Crippen LogP contribution in [0.5, 0.6) is 0 Å². The van der Waals surface area contributed by atoms with Gasteiger partial charge >= 0.3 is 0 Å². The van der Waals surface area contributed by atoms with Crippen LogP contribution in [0.15, 0.2) is 30.6 Å². The van der Waals surface area contributed by atoms with Gasteiger partial charge < -0.3 is 0 Å². The second kappa shape index (κ2) is 4.25. The highest BCUT2D eigenvalue weighted by atomic mass is 32.1. The van der Waals surface area contributed by atoms with Gasteiger partial charge in [-0.05, 0) is 36.5 Å². The third-order valence-electron chi connectivity index (χ3n) is 2.06. The highest BCUT2D eigenvalue weighted by molar-refractivity contribution is 7.71. The van der Waals surface area contributed by atoms with Crippen LogP contribution in [-0.2, 0) is 0 Å². The number of H-pyrrole nitrogens is 1. The first-order valence-electron chi connectivity index (χ1n) is 4.39. The fourth-order valence-corrected chi connectivity index (χ4v) is 1.48. The lowest BCUT2D eigenvalue weighted by Crippen LogP contribution is -2.18. The quantitative estimate of drug-likeness (QED) is 0.413. The fourth-order valence-electron chi connectivity index (χ4n) is 1.27. The molecular weight excluding hydrogens is 228 g/mol. The van der Waals surface area contributed by atoms with Crippen LogP contribution in [0.25, 0.3) is 5.69 Å². The average Bonchev–Trinajstić information content (AvgIpc) is 2.75. The van der Waals surface area contributed by atoms with Crippen molar-refractivity contribution in [2.45, 2.75) is 0 Å². The smallest absolute Gasteiger partial charge is 0.274 e. The van der Waals surface area contributed by atoms with Crippen molar-refractivity contribution in [3.63, 3.8) is 0 Å². The molecule has 0 aliphatic rings. The molecule has 1 amide bonds. The molecule has 0 saturated heterocycles. The molecule has 82 valence electrons. The molecule has 7 heteroatoms. The Balaban J connectivity index is 2.37. The monoisotopic (exact) mass is 236 g/mol. The predicted molar refractivity (Wildman–Crippen MR) is 58.0 cm³/mol. The molecule has 0 saturated carbocycles. The molecule has 0 aliphatic carbocycles. The van der Waals surface area contributed by atoms with E-state index in [-0.39, 0.29) is 0 Å². The van der Waals surface area contributed by atoms with Crippen LogP contribution < -0.4 is 5.48 Å². The minimum atomic E-state index is -0.553. The van der Waals surface area contributed by atoms with Gasteiger partial charge in [-0.25, -0.2) is 5.48 Å². The fraction of sp³-hybridized carbons (Fsp3) is 0. The van der Waals surface area contributed by atoms with Crippen molar-refractivity contribution in [1.82, 2.24) is 20.2 Å². The van der Waals surface area contributed by atoms with Gasteiger partial charge in [-0.3, -0.25) is 19.7 Å².